The summed E-state index contributed by atoms with van der Waals surface area (Å²) in [6.45, 7) is 1.42. The fourth-order valence-electron chi connectivity index (χ4n) is 4.49. The van der Waals surface area contributed by atoms with Gasteiger partial charge in [0.15, 0.2) is 5.76 Å². The number of nitrogens with zero attached hydrogens (tertiary/aromatic N) is 2. The quantitative estimate of drug-likeness (QED) is 0.461. The molecule has 0 radical (unpaired) electrons. The number of likely N-dealkylation sites (tertiary alicyclic amines) is 1. The predicted molar refractivity (Wildman–Crippen MR) is 126 cm³/mol. The number of aromatic nitrogens is 1. The van der Waals surface area contributed by atoms with Gasteiger partial charge in [0.25, 0.3) is 0 Å². The van der Waals surface area contributed by atoms with Crippen LogP contribution in [0.3, 0.4) is 0 Å². The third-order valence-electron chi connectivity index (χ3n) is 6.13. The zero-order chi connectivity index (χ0) is 22.1. The highest BCUT2D eigenvalue weighted by Gasteiger charge is 2.33. The Morgan fingerprint density at radius 3 is 2.78 bits per heavy atom. The Labute approximate surface area is 195 Å². The first kappa shape index (κ1) is 20.9. The molecule has 1 atom stereocenters. The van der Waals surface area contributed by atoms with Crippen molar-refractivity contribution in [3.05, 3.63) is 93.4 Å². The molecule has 5 nitrogen and oxygen atoms in total. The molecule has 0 spiro atoms. The number of benzene rings is 2. The fraction of sp³-hybridized carbons (Fsp3) is 0.231. The first-order valence-corrected chi connectivity index (χ1v) is 11.6. The SMILES string of the molecule is O=C1/C(=C/c2ccc(Br)cc2)Oc2c1ccc(O)c2CN1CCCC[C@H]1c1cccnc1. The van der Waals surface area contributed by atoms with Crippen LogP contribution in [0.15, 0.2) is 71.2 Å². The molecular formula is C26H23BrN2O3. The number of halogens is 1. The Balaban J connectivity index is 1.46. The third kappa shape index (κ3) is 4.08. The second kappa shape index (κ2) is 8.88. The van der Waals surface area contributed by atoms with Gasteiger partial charge in [-0.25, -0.2) is 0 Å². The van der Waals surface area contributed by atoms with Crippen molar-refractivity contribution in [2.24, 2.45) is 0 Å². The number of ether oxygens (including phenoxy) is 1. The van der Waals surface area contributed by atoms with E-state index in [1.165, 1.54) is 5.56 Å². The van der Waals surface area contributed by atoms with Crippen molar-refractivity contribution >= 4 is 27.8 Å². The minimum Gasteiger partial charge on any atom is -0.507 e. The lowest BCUT2D eigenvalue weighted by atomic mass is 9.95. The van der Waals surface area contributed by atoms with E-state index in [9.17, 15) is 9.90 Å². The van der Waals surface area contributed by atoms with E-state index < -0.39 is 0 Å². The number of fused-ring (bicyclic) bond motifs is 1. The van der Waals surface area contributed by atoms with Crippen molar-refractivity contribution < 1.29 is 14.6 Å². The largest absolute Gasteiger partial charge is 0.507 e. The molecule has 0 aliphatic carbocycles. The minimum atomic E-state index is -0.161. The average molecular weight is 491 g/mol. The highest BCUT2D eigenvalue weighted by atomic mass is 79.9. The molecule has 0 amide bonds. The van der Waals surface area contributed by atoms with Gasteiger partial charge in [-0.3, -0.25) is 14.7 Å². The van der Waals surface area contributed by atoms with Gasteiger partial charge >= 0.3 is 0 Å². The number of phenols is 1. The number of hydrogen-bond donors (Lipinski definition) is 1. The summed E-state index contributed by atoms with van der Waals surface area (Å²) in [6, 6.07) is 15.2. The second-order valence-corrected chi connectivity index (χ2v) is 9.12. The molecule has 32 heavy (non-hydrogen) atoms. The van der Waals surface area contributed by atoms with Crippen LogP contribution in [0.25, 0.3) is 6.08 Å². The van der Waals surface area contributed by atoms with Gasteiger partial charge in [-0.2, -0.15) is 0 Å². The summed E-state index contributed by atoms with van der Waals surface area (Å²) in [7, 11) is 0. The molecule has 1 aromatic heterocycles. The number of piperidine rings is 1. The van der Waals surface area contributed by atoms with Crippen LogP contribution >= 0.6 is 15.9 Å². The van der Waals surface area contributed by atoms with Crippen molar-refractivity contribution in [3.63, 3.8) is 0 Å². The van der Waals surface area contributed by atoms with E-state index in [4.69, 9.17) is 4.74 Å². The zero-order valence-corrected chi connectivity index (χ0v) is 19.1. The lowest BCUT2D eigenvalue weighted by Crippen LogP contribution is -2.33. The average Bonchev–Trinajstić information content (AvgIpc) is 3.13. The maximum absolute atomic E-state index is 13.0. The lowest BCUT2D eigenvalue weighted by molar-refractivity contribution is 0.101. The molecule has 3 aromatic rings. The van der Waals surface area contributed by atoms with Crippen LogP contribution < -0.4 is 4.74 Å². The minimum absolute atomic E-state index is 0.150. The molecule has 5 rings (SSSR count). The van der Waals surface area contributed by atoms with Crippen molar-refractivity contribution in [1.82, 2.24) is 9.88 Å². The van der Waals surface area contributed by atoms with E-state index in [0.717, 1.165) is 35.8 Å². The molecule has 0 saturated carbocycles. The van der Waals surface area contributed by atoms with Gasteiger partial charge in [-0.05, 0) is 66.9 Å². The maximum Gasteiger partial charge on any atom is 0.231 e. The Kier molecular flexibility index (Phi) is 5.81. The zero-order valence-electron chi connectivity index (χ0n) is 17.5. The van der Waals surface area contributed by atoms with Crippen molar-refractivity contribution in [2.45, 2.75) is 31.8 Å². The Morgan fingerprint density at radius 1 is 1.16 bits per heavy atom. The number of carbonyl (C=O) groups excluding carboxylic acids is 1. The Morgan fingerprint density at radius 2 is 2.00 bits per heavy atom. The summed E-state index contributed by atoms with van der Waals surface area (Å²) in [5.74, 6) is 0.731. The molecule has 2 aliphatic heterocycles. The van der Waals surface area contributed by atoms with Crippen LogP contribution in [-0.2, 0) is 6.54 Å². The molecule has 162 valence electrons. The first-order chi connectivity index (χ1) is 15.6. The summed E-state index contributed by atoms with van der Waals surface area (Å²) in [5.41, 5.74) is 3.21. The first-order valence-electron chi connectivity index (χ1n) is 10.8. The number of phenolic OH excluding ortho intramolecular Hbond substituents is 1. The number of carbonyl (C=O) groups is 1. The van der Waals surface area contributed by atoms with Gasteiger partial charge in [0, 0.05) is 29.5 Å². The molecule has 2 aromatic carbocycles. The van der Waals surface area contributed by atoms with E-state index in [1.807, 2.05) is 36.5 Å². The lowest BCUT2D eigenvalue weighted by Gasteiger charge is -2.36. The third-order valence-corrected chi connectivity index (χ3v) is 6.66. The van der Waals surface area contributed by atoms with Crippen molar-refractivity contribution in [3.8, 4) is 11.5 Å². The van der Waals surface area contributed by atoms with E-state index in [-0.39, 0.29) is 23.3 Å². The summed E-state index contributed by atoms with van der Waals surface area (Å²) in [5, 5.41) is 10.7. The maximum atomic E-state index is 13.0. The Bertz CT molecular complexity index is 1180. The van der Waals surface area contributed by atoms with Crippen molar-refractivity contribution in [1.29, 1.82) is 0 Å². The van der Waals surface area contributed by atoms with Crippen molar-refractivity contribution in [2.75, 3.05) is 6.54 Å². The number of Topliss-reactive ketones (excluding diaryl/α,β-unsaturated/α-hetero) is 1. The monoisotopic (exact) mass is 490 g/mol. The number of aromatic hydroxyl groups is 1. The van der Waals surface area contributed by atoms with Crippen LogP contribution in [-0.4, -0.2) is 27.3 Å². The van der Waals surface area contributed by atoms with Crippen LogP contribution in [0, 0.1) is 0 Å². The molecule has 2 aliphatic rings. The number of allylic oxidation sites excluding steroid dienone is 1. The van der Waals surface area contributed by atoms with Gasteiger partial charge in [-0.15, -0.1) is 0 Å². The number of rotatable bonds is 4. The summed E-state index contributed by atoms with van der Waals surface area (Å²) in [4.78, 5) is 19.6. The second-order valence-electron chi connectivity index (χ2n) is 8.20. The number of pyridine rings is 1. The van der Waals surface area contributed by atoms with Gasteiger partial charge < -0.3 is 9.84 Å². The van der Waals surface area contributed by atoms with Gasteiger partial charge in [-0.1, -0.05) is 40.5 Å². The molecule has 6 heteroatoms. The van der Waals surface area contributed by atoms with E-state index in [0.29, 0.717) is 23.4 Å². The van der Waals surface area contributed by atoms with Gasteiger partial charge in [0.2, 0.25) is 5.78 Å². The molecule has 0 bridgehead atoms. The fourth-order valence-corrected chi connectivity index (χ4v) is 4.76. The molecular weight excluding hydrogens is 468 g/mol. The highest BCUT2D eigenvalue weighted by molar-refractivity contribution is 9.10. The molecule has 3 heterocycles. The molecule has 1 fully saturated rings. The van der Waals surface area contributed by atoms with E-state index in [2.05, 4.69) is 31.9 Å². The normalized spacial score (nSPS) is 19.7. The van der Waals surface area contributed by atoms with E-state index >= 15 is 0 Å². The standard InChI is InChI=1S/C26H23BrN2O3/c27-19-8-6-17(7-9-19)14-24-25(31)20-10-11-23(30)21(26(20)32-24)16-29-13-2-1-5-22(29)18-4-3-12-28-15-18/h3-4,6-12,14-15,22,30H,1-2,5,13,16H2/b24-14-/t22-/m0/s1. The van der Waals surface area contributed by atoms with Crippen LogP contribution in [0.1, 0.15) is 52.4 Å². The highest BCUT2D eigenvalue weighted by Crippen LogP contribution is 2.42. The Hall–Kier alpha value is -2.96. The summed E-state index contributed by atoms with van der Waals surface area (Å²) >= 11 is 3.42. The smallest absolute Gasteiger partial charge is 0.231 e. The molecule has 1 N–H and O–H groups in total. The van der Waals surface area contributed by atoms with Crippen LogP contribution in [0.4, 0.5) is 0 Å². The van der Waals surface area contributed by atoms with Crippen LogP contribution in [0.5, 0.6) is 11.5 Å². The summed E-state index contributed by atoms with van der Waals surface area (Å²) < 4.78 is 7.02. The van der Waals surface area contributed by atoms with E-state index in [1.54, 1.807) is 24.4 Å². The van der Waals surface area contributed by atoms with Gasteiger partial charge in [0.1, 0.15) is 11.5 Å². The molecule has 1 saturated heterocycles. The topological polar surface area (TPSA) is 62.7 Å². The van der Waals surface area contributed by atoms with Crippen LogP contribution in [0.2, 0.25) is 0 Å². The number of ketones is 1. The van der Waals surface area contributed by atoms with Gasteiger partial charge in [0.05, 0.1) is 11.1 Å². The summed E-state index contributed by atoms with van der Waals surface area (Å²) in [6.07, 6.45) is 8.73. The molecule has 0 unspecified atom stereocenters. The predicted octanol–water partition coefficient (Wildman–Crippen LogP) is 5.89. The number of hydrogen-bond acceptors (Lipinski definition) is 5.